The molecular formula is C9H19N3O. The molecule has 0 radical (unpaired) electrons. The van der Waals surface area contributed by atoms with Crippen LogP contribution in [0.15, 0.2) is 0 Å². The van der Waals surface area contributed by atoms with Gasteiger partial charge in [-0.25, -0.2) is 0 Å². The fourth-order valence-electron chi connectivity index (χ4n) is 1.51. The Hall–Kier alpha value is -0.610. The van der Waals surface area contributed by atoms with E-state index >= 15 is 0 Å². The summed E-state index contributed by atoms with van der Waals surface area (Å²) in [5, 5.41) is 6.19. The van der Waals surface area contributed by atoms with Crippen LogP contribution in [0.4, 0.5) is 0 Å². The van der Waals surface area contributed by atoms with E-state index in [4.69, 9.17) is 0 Å². The highest BCUT2D eigenvalue weighted by molar-refractivity contribution is 5.78. The second-order valence-electron chi connectivity index (χ2n) is 3.37. The molecule has 0 bridgehead atoms. The second kappa shape index (κ2) is 5.94. The number of hydrogen-bond donors (Lipinski definition) is 2. The Morgan fingerprint density at radius 3 is 3.23 bits per heavy atom. The lowest BCUT2D eigenvalue weighted by molar-refractivity contribution is -0.129. The van der Waals surface area contributed by atoms with Crippen LogP contribution in [0.1, 0.15) is 12.8 Å². The van der Waals surface area contributed by atoms with Crippen LogP contribution < -0.4 is 10.6 Å². The number of carbonyl (C=O) groups excluding carboxylic acids is 1. The van der Waals surface area contributed by atoms with Crippen molar-refractivity contribution in [3.05, 3.63) is 0 Å². The van der Waals surface area contributed by atoms with Gasteiger partial charge in [-0.1, -0.05) is 0 Å². The van der Waals surface area contributed by atoms with E-state index in [1.54, 1.807) is 0 Å². The van der Waals surface area contributed by atoms with Crippen molar-refractivity contribution in [1.82, 2.24) is 15.5 Å². The van der Waals surface area contributed by atoms with Gasteiger partial charge < -0.3 is 15.5 Å². The van der Waals surface area contributed by atoms with Gasteiger partial charge in [0.25, 0.3) is 0 Å². The third-order valence-corrected chi connectivity index (χ3v) is 2.27. The normalized spacial score (nSPS) is 18.8. The fourth-order valence-corrected chi connectivity index (χ4v) is 1.51. The van der Waals surface area contributed by atoms with E-state index in [9.17, 15) is 4.79 Å². The Balaban J connectivity index is 2.24. The highest BCUT2D eigenvalue weighted by Gasteiger charge is 2.14. The minimum Gasteiger partial charge on any atom is -0.341 e. The summed E-state index contributed by atoms with van der Waals surface area (Å²) in [6.45, 7) is 4.27. The van der Waals surface area contributed by atoms with Crippen molar-refractivity contribution in [2.24, 2.45) is 0 Å². The SMILES string of the molecule is CNCCCN1CCCNCC1=O. The van der Waals surface area contributed by atoms with E-state index < -0.39 is 0 Å². The average molecular weight is 185 g/mol. The maximum absolute atomic E-state index is 11.5. The molecular weight excluding hydrogens is 166 g/mol. The largest absolute Gasteiger partial charge is 0.341 e. The Kier molecular flexibility index (Phi) is 4.78. The number of carbonyl (C=O) groups is 1. The predicted molar refractivity (Wildman–Crippen MR) is 52.6 cm³/mol. The molecule has 1 heterocycles. The summed E-state index contributed by atoms with van der Waals surface area (Å²) in [6, 6.07) is 0. The van der Waals surface area contributed by atoms with E-state index in [1.807, 2.05) is 11.9 Å². The third-order valence-electron chi connectivity index (χ3n) is 2.27. The van der Waals surface area contributed by atoms with Gasteiger partial charge in [-0.2, -0.15) is 0 Å². The molecule has 0 aromatic heterocycles. The molecule has 1 aliphatic rings. The Labute approximate surface area is 79.7 Å². The minimum absolute atomic E-state index is 0.244. The van der Waals surface area contributed by atoms with Crippen LogP contribution in [0.2, 0.25) is 0 Å². The summed E-state index contributed by atoms with van der Waals surface area (Å²) in [5.41, 5.74) is 0. The van der Waals surface area contributed by atoms with E-state index in [2.05, 4.69) is 10.6 Å². The number of amides is 1. The number of nitrogens with zero attached hydrogens (tertiary/aromatic N) is 1. The zero-order valence-corrected chi connectivity index (χ0v) is 8.31. The molecule has 0 unspecified atom stereocenters. The summed E-state index contributed by atoms with van der Waals surface area (Å²) in [4.78, 5) is 13.4. The molecule has 1 fully saturated rings. The molecule has 2 N–H and O–H groups in total. The first kappa shape index (κ1) is 10.5. The van der Waals surface area contributed by atoms with E-state index in [0.29, 0.717) is 6.54 Å². The van der Waals surface area contributed by atoms with Crippen molar-refractivity contribution < 1.29 is 4.79 Å². The monoisotopic (exact) mass is 185 g/mol. The first-order valence-electron chi connectivity index (χ1n) is 4.97. The van der Waals surface area contributed by atoms with Crippen LogP contribution in [0.3, 0.4) is 0 Å². The molecule has 0 aromatic carbocycles. The Bertz CT molecular complexity index is 161. The fraction of sp³-hybridized carbons (Fsp3) is 0.889. The summed E-state index contributed by atoms with van der Waals surface area (Å²) < 4.78 is 0. The summed E-state index contributed by atoms with van der Waals surface area (Å²) >= 11 is 0. The number of nitrogens with one attached hydrogen (secondary N) is 2. The Morgan fingerprint density at radius 1 is 1.62 bits per heavy atom. The van der Waals surface area contributed by atoms with Gasteiger partial charge in [0.1, 0.15) is 0 Å². The maximum Gasteiger partial charge on any atom is 0.236 e. The molecule has 1 rings (SSSR count). The van der Waals surface area contributed by atoms with Crippen LogP contribution >= 0.6 is 0 Å². The molecule has 0 aromatic rings. The standard InChI is InChI=1S/C9H19N3O/c1-10-4-2-6-12-7-3-5-11-8-9(12)13/h10-11H,2-8H2,1H3. The molecule has 0 atom stereocenters. The lowest BCUT2D eigenvalue weighted by Gasteiger charge is -2.19. The highest BCUT2D eigenvalue weighted by Crippen LogP contribution is 1.97. The first-order valence-corrected chi connectivity index (χ1v) is 4.97. The smallest absolute Gasteiger partial charge is 0.236 e. The summed E-state index contributed by atoms with van der Waals surface area (Å²) in [7, 11) is 1.94. The molecule has 1 aliphatic heterocycles. The van der Waals surface area contributed by atoms with Crippen LogP contribution in [0.5, 0.6) is 0 Å². The minimum atomic E-state index is 0.244. The molecule has 4 nitrogen and oxygen atoms in total. The van der Waals surface area contributed by atoms with Crippen molar-refractivity contribution in [3.8, 4) is 0 Å². The van der Waals surface area contributed by atoms with Gasteiger partial charge in [0.15, 0.2) is 0 Å². The molecule has 4 heteroatoms. The van der Waals surface area contributed by atoms with Crippen molar-refractivity contribution in [3.63, 3.8) is 0 Å². The zero-order chi connectivity index (χ0) is 9.52. The van der Waals surface area contributed by atoms with Gasteiger partial charge in [0, 0.05) is 13.1 Å². The molecule has 0 saturated carbocycles. The van der Waals surface area contributed by atoms with Gasteiger partial charge in [-0.3, -0.25) is 4.79 Å². The van der Waals surface area contributed by atoms with E-state index in [1.165, 1.54) is 0 Å². The lowest BCUT2D eigenvalue weighted by Crippen LogP contribution is -2.36. The van der Waals surface area contributed by atoms with Crippen molar-refractivity contribution in [2.75, 3.05) is 39.8 Å². The van der Waals surface area contributed by atoms with Crippen molar-refractivity contribution in [2.45, 2.75) is 12.8 Å². The van der Waals surface area contributed by atoms with E-state index in [0.717, 1.165) is 39.0 Å². The van der Waals surface area contributed by atoms with Crippen LogP contribution in [0, 0.1) is 0 Å². The number of rotatable bonds is 4. The maximum atomic E-state index is 11.5. The van der Waals surface area contributed by atoms with Crippen LogP contribution in [-0.2, 0) is 4.79 Å². The third kappa shape index (κ3) is 3.74. The zero-order valence-electron chi connectivity index (χ0n) is 8.31. The van der Waals surface area contributed by atoms with Crippen molar-refractivity contribution in [1.29, 1.82) is 0 Å². The lowest BCUT2D eigenvalue weighted by atomic mass is 10.3. The van der Waals surface area contributed by atoms with Gasteiger partial charge in [0.05, 0.1) is 6.54 Å². The van der Waals surface area contributed by atoms with Crippen LogP contribution in [0.25, 0.3) is 0 Å². The molecule has 0 spiro atoms. The quantitative estimate of drug-likeness (QED) is 0.576. The molecule has 13 heavy (non-hydrogen) atoms. The molecule has 1 saturated heterocycles. The van der Waals surface area contributed by atoms with Gasteiger partial charge in [0.2, 0.25) is 5.91 Å². The van der Waals surface area contributed by atoms with Crippen molar-refractivity contribution >= 4 is 5.91 Å². The van der Waals surface area contributed by atoms with E-state index in [-0.39, 0.29) is 5.91 Å². The summed E-state index contributed by atoms with van der Waals surface area (Å²) in [5.74, 6) is 0.244. The van der Waals surface area contributed by atoms with Gasteiger partial charge >= 0.3 is 0 Å². The highest BCUT2D eigenvalue weighted by atomic mass is 16.2. The first-order chi connectivity index (χ1) is 6.34. The molecule has 0 aliphatic carbocycles. The predicted octanol–water partition coefficient (Wildman–Crippen LogP) is -0.582. The summed E-state index contributed by atoms with van der Waals surface area (Å²) in [6.07, 6.45) is 2.12. The van der Waals surface area contributed by atoms with Gasteiger partial charge in [-0.15, -0.1) is 0 Å². The van der Waals surface area contributed by atoms with Crippen LogP contribution in [-0.4, -0.2) is 50.6 Å². The Morgan fingerprint density at radius 2 is 2.46 bits per heavy atom. The van der Waals surface area contributed by atoms with Gasteiger partial charge in [-0.05, 0) is 33.0 Å². The molecule has 76 valence electrons. The number of hydrogen-bond acceptors (Lipinski definition) is 3. The molecule has 1 amide bonds. The topological polar surface area (TPSA) is 44.4 Å². The average Bonchev–Trinajstić information content (AvgIpc) is 2.32. The second-order valence-corrected chi connectivity index (χ2v) is 3.37.